The largest absolute Gasteiger partial charge is 0.471 e. The van der Waals surface area contributed by atoms with E-state index in [-0.39, 0.29) is 23.5 Å². The van der Waals surface area contributed by atoms with E-state index in [0.29, 0.717) is 37.5 Å². The van der Waals surface area contributed by atoms with Gasteiger partial charge >= 0.3 is 5.97 Å². The van der Waals surface area contributed by atoms with Crippen LogP contribution in [0.25, 0.3) is 11.0 Å². The van der Waals surface area contributed by atoms with E-state index in [1.54, 1.807) is 0 Å². The Labute approximate surface area is 282 Å². The van der Waals surface area contributed by atoms with Crippen LogP contribution in [0.4, 0.5) is 5.82 Å². The van der Waals surface area contributed by atoms with Crippen molar-refractivity contribution in [3.63, 3.8) is 0 Å². The number of hydrogen-bond donors (Lipinski definition) is 1. The molecule has 1 N–H and O–H groups in total. The van der Waals surface area contributed by atoms with Crippen molar-refractivity contribution in [3.8, 4) is 0 Å². The average Bonchev–Trinajstić information content (AvgIpc) is 3.67. The van der Waals surface area contributed by atoms with Crippen molar-refractivity contribution < 1.29 is 19.1 Å². The smallest absolute Gasteiger partial charge is 0.310 e. The van der Waals surface area contributed by atoms with Gasteiger partial charge in [0.2, 0.25) is 0 Å². The number of carbonyl (C=O) groups is 2. The Morgan fingerprint density at radius 1 is 0.894 bits per heavy atom. The molecule has 10 heteroatoms. The molecule has 1 aromatic carbocycles. The number of ether oxygens (including phenoxy) is 2. The van der Waals surface area contributed by atoms with E-state index < -0.39 is 0 Å². The summed E-state index contributed by atoms with van der Waals surface area (Å²) in [6, 6.07) is 10.2. The second-order valence-corrected chi connectivity index (χ2v) is 12.6. The molecule has 4 fully saturated rings. The number of likely N-dealkylation sites (tertiary alicyclic amines) is 1. The molecule has 10 nitrogen and oxygen atoms in total. The van der Waals surface area contributed by atoms with Crippen LogP contribution in [0.2, 0.25) is 0 Å². The van der Waals surface area contributed by atoms with Crippen molar-refractivity contribution in [2.75, 3.05) is 45.7 Å². The molecule has 1 aliphatic carbocycles. The molecule has 2 aromatic rings. The first-order valence-electron chi connectivity index (χ1n) is 18.3. The number of nitrogens with one attached hydrogen (secondary N) is 1. The van der Waals surface area contributed by atoms with Gasteiger partial charge in [0, 0.05) is 43.8 Å². The van der Waals surface area contributed by atoms with E-state index in [1.807, 2.05) is 45.9 Å². The molecule has 6 rings (SSSR count). The van der Waals surface area contributed by atoms with Crippen LogP contribution in [0.1, 0.15) is 111 Å². The van der Waals surface area contributed by atoms with E-state index in [0.717, 1.165) is 49.4 Å². The minimum absolute atomic E-state index is 0.00589. The quantitative estimate of drug-likeness (QED) is 0.255. The third kappa shape index (κ3) is 10.0. The van der Waals surface area contributed by atoms with Crippen LogP contribution in [0, 0.1) is 5.92 Å². The number of benzene rings is 1. The predicted octanol–water partition coefficient (Wildman–Crippen LogP) is 6.43. The first-order chi connectivity index (χ1) is 23.0. The SMILES string of the molecule is CC.CC.COC(=O)C1CCN(CCNc2nc3ccccc3n(C3CC4CCC(C3)N4C3CCCCCCC3)c2=O)C1.COC=O. The maximum absolute atomic E-state index is 13.9. The van der Waals surface area contributed by atoms with Crippen molar-refractivity contribution in [1.29, 1.82) is 0 Å². The van der Waals surface area contributed by atoms with Gasteiger partial charge in [-0.3, -0.25) is 19.3 Å². The number of fused-ring (bicyclic) bond motifs is 3. The van der Waals surface area contributed by atoms with Gasteiger partial charge in [-0.15, -0.1) is 0 Å². The molecule has 4 aliphatic rings. The average molecular weight is 656 g/mol. The van der Waals surface area contributed by atoms with Gasteiger partial charge in [-0.2, -0.15) is 0 Å². The second-order valence-electron chi connectivity index (χ2n) is 12.6. The molecule has 4 heterocycles. The Balaban J connectivity index is 0.000000688. The van der Waals surface area contributed by atoms with Gasteiger partial charge in [0.1, 0.15) is 0 Å². The first-order valence-corrected chi connectivity index (χ1v) is 18.3. The highest BCUT2D eigenvalue weighted by Crippen LogP contribution is 2.44. The van der Waals surface area contributed by atoms with Crippen molar-refractivity contribution in [2.45, 2.75) is 129 Å². The summed E-state index contributed by atoms with van der Waals surface area (Å²) >= 11 is 0. The molecule has 1 saturated carbocycles. The summed E-state index contributed by atoms with van der Waals surface area (Å²) in [4.78, 5) is 44.7. The Morgan fingerprint density at radius 2 is 1.51 bits per heavy atom. The van der Waals surface area contributed by atoms with Gasteiger partial charge in [-0.25, -0.2) is 4.98 Å². The summed E-state index contributed by atoms with van der Waals surface area (Å²) in [5, 5.41) is 3.37. The lowest BCUT2D eigenvalue weighted by Gasteiger charge is -2.45. The fraction of sp³-hybridized carbons (Fsp3) is 0.730. The zero-order valence-corrected chi connectivity index (χ0v) is 29.9. The monoisotopic (exact) mass is 655 g/mol. The highest BCUT2D eigenvalue weighted by Gasteiger charge is 2.44. The van der Waals surface area contributed by atoms with Crippen LogP contribution in [0.3, 0.4) is 0 Å². The molecule has 2 bridgehead atoms. The van der Waals surface area contributed by atoms with Crippen molar-refractivity contribution in [1.82, 2.24) is 19.4 Å². The molecule has 3 atom stereocenters. The van der Waals surface area contributed by atoms with Crippen LogP contribution in [0.15, 0.2) is 29.1 Å². The molecule has 3 saturated heterocycles. The molecule has 3 unspecified atom stereocenters. The van der Waals surface area contributed by atoms with Gasteiger partial charge in [-0.1, -0.05) is 71.9 Å². The molecule has 1 aromatic heterocycles. The zero-order valence-electron chi connectivity index (χ0n) is 29.9. The van der Waals surface area contributed by atoms with Crippen molar-refractivity contribution in [3.05, 3.63) is 34.6 Å². The van der Waals surface area contributed by atoms with Crippen molar-refractivity contribution in [2.24, 2.45) is 5.92 Å². The van der Waals surface area contributed by atoms with Crippen LogP contribution in [0.5, 0.6) is 0 Å². The molecular formula is C37H61N5O5. The molecule has 264 valence electrons. The van der Waals surface area contributed by atoms with Crippen LogP contribution in [-0.2, 0) is 19.1 Å². The predicted molar refractivity (Wildman–Crippen MR) is 190 cm³/mol. The van der Waals surface area contributed by atoms with Gasteiger partial charge in [0.05, 0.1) is 31.2 Å². The van der Waals surface area contributed by atoms with Gasteiger partial charge in [0.25, 0.3) is 12.0 Å². The van der Waals surface area contributed by atoms with E-state index in [1.165, 1.54) is 72.0 Å². The molecule has 3 aliphatic heterocycles. The van der Waals surface area contributed by atoms with Gasteiger partial charge in [0.15, 0.2) is 5.82 Å². The molecule has 0 spiro atoms. The Hall–Kier alpha value is -2.98. The van der Waals surface area contributed by atoms with E-state index in [9.17, 15) is 9.59 Å². The second kappa shape index (κ2) is 20.4. The normalized spacial score (nSPS) is 24.6. The fourth-order valence-electron chi connectivity index (χ4n) is 8.08. The maximum Gasteiger partial charge on any atom is 0.310 e. The lowest BCUT2D eigenvalue weighted by atomic mass is 9.89. The van der Waals surface area contributed by atoms with Crippen molar-refractivity contribution >= 4 is 29.3 Å². The Bertz CT molecular complexity index is 1260. The minimum Gasteiger partial charge on any atom is -0.471 e. The number of aromatic nitrogens is 2. The number of carbonyl (C=O) groups excluding carboxylic acids is 2. The van der Waals surface area contributed by atoms with E-state index in [2.05, 4.69) is 30.5 Å². The summed E-state index contributed by atoms with van der Waals surface area (Å²) in [6.07, 6.45) is 15.1. The molecule has 0 amide bonds. The first kappa shape index (κ1) is 38.5. The van der Waals surface area contributed by atoms with E-state index >= 15 is 0 Å². The van der Waals surface area contributed by atoms with E-state index in [4.69, 9.17) is 14.5 Å². The number of piperidine rings is 1. The molecule has 0 radical (unpaired) electrons. The number of hydrogen-bond acceptors (Lipinski definition) is 9. The topological polar surface area (TPSA) is 106 Å². The summed E-state index contributed by atoms with van der Waals surface area (Å²) in [6.45, 7) is 11.4. The Morgan fingerprint density at radius 3 is 2.13 bits per heavy atom. The summed E-state index contributed by atoms with van der Waals surface area (Å²) in [7, 11) is 2.77. The highest BCUT2D eigenvalue weighted by atomic mass is 16.5. The summed E-state index contributed by atoms with van der Waals surface area (Å²) in [5.74, 6) is 0.279. The zero-order chi connectivity index (χ0) is 34.2. The number of rotatable bonds is 8. The van der Waals surface area contributed by atoms with Crippen LogP contribution in [-0.4, -0.2) is 90.3 Å². The molecular weight excluding hydrogens is 594 g/mol. The lowest BCUT2D eigenvalue weighted by Crippen LogP contribution is -2.50. The summed E-state index contributed by atoms with van der Waals surface area (Å²) in [5.41, 5.74) is 1.84. The molecule has 47 heavy (non-hydrogen) atoms. The highest BCUT2D eigenvalue weighted by molar-refractivity contribution is 5.76. The fourth-order valence-corrected chi connectivity index (χ4v) is 8.08. The minimum atomic E-state index is -0.126. The summed E-state index contributed by atoms with van der Waals surface area (Å²) < 4.78 is 10.9. The number of para-hydroxylation sites is 2. The third-order valence-corrected chi connectivity index (χ3v) is 10.0. The standard InChI is InChI=1S/C31H45N5O3.C2H4O2.2C2H6/c1-39-31(38)22-15-17-34(21-22)18-16-32-29-30(37)36(28-12-8-7-11-27(28)33-29)26-19-24-13-14-25(20-26)35(24)23-9-5-3-2-4-6-10-23;1-4-2-3;2*1-2/h7-8,11-12,22-26H,2-6,9-10,13-21H2,1H3,(H,32,33);2H,1H3;2*1-2H3. The third-order valence-electron chi connectivity index (χ3n) is 10.0. The van der Waals surface area contributed by atoms with Crippen LogP contribution < -0.4 is 10.9 Å². The number of anilines is 1. The number of nitrogens with zero attached hydrogens (tertiary/aromatic N) is 4. The van der Waals surface area contributed by atoms with Crippen LogP contribution >= 0.6 is 0 Å². The lowest BCUT2D eigenvalue weighted by molar-refractivity contribution is -0.144. The Kier molecular flexibility index (Phi) is 16.7. The number of esters is 1. The van der Waals surface area contributed by atoms with Gasteiger partial charge < -0.3 is 24.3 Å². The number of methoxy groups -OCH3 is 2. The maximum atomic E-state index is 13.9. The van der Waals surface area contributed by atoms with Gasteiger partial charge in [-0.05, 0) is 63.6 Å².